The number of nitrogens with zero attached hydrogens (tertiary/aromatic N) is 2. The summed E-state index contributed by atoms with van der Waals surface area (Å²) in [6.45, 7) is -0.446. The molecule has 1 N–H and O–H groups in total. The Balaban J connectivity index is 1.05. The van der Waals surface area contributed by atoms with E-state index in [-0.39, 0.29) is 58.8 Å². The van der Waals surface area contributed by atoms with Crippen LogP contribution in [0.1, 0.15) is 70.4 Å². The average molecular weight is 841 g/mol. The largest absolute Gasteiger partial charge is 0.619 e. The van der Waals surface area contributed by atoms with Crippen LogP contribution in [-0.4, -0.2) is 61.9 Å². The molecular formula is C42H41Cl2F2N3O9. The fraction of sp³-hybridized carbons (Fsp3) is 0.381. The van der Waals surface area contributed by atoms with Gasteiger partial charge in [-0.15, -0.1) is 0 Å². The number of piperidine rings is 3. The number of hydrogen-bond acceptors (Lipinski definition) is 10. The fourth-order valence-corrected chi connectivity index (χ4v) is 7.74. The number of alkyl halides is 2. The van der Waals surface area contributed by atoms with E-state index in [9.17, 15) is 28.4 Å². The van der Waals surface area contributed by atoms with Crippen molar-refractivity contribution in [1.29, 1.82) is 0 Å². The molecule has 0 radical (unpaired) electrons. The van der Waals surface area contributed by atoms with E-state index in [1.54, 1.807) is 42.5 Å². The molecular weight excluding hydrogens is 799 g/mol. The summed E-state index contributed by atoms with van der Waals surface area (Å²) in [5.74, 6) is -0.946. The van der Waals surface area contributed by atoms with Gasteiger partial charge >= 0.3 is 24.6 Å². The van der Waals surface area contributed by atoms with E-state index in [0.717, 1.165) is 51.2 Å². The summed E-state index contributed by atoms with van der Waals surface area (Å²) >= 11 is 12.8. The number of ether oxygens (including phenoxy) is 5. The quantitative estimate of drug-likeness (QED) is 0.0516. The topological polar surface area (TPSA) is 140 Å². The summed E-state index contributed by atoms with van der Waals surface area (Å²) in [6.07, 6.45) is 3.69. The number of alkyl carbamates (subject to hydrolysis) is 1. The van der Waals surface area contributed by atoms with Crippen molar-refractivity contribution in [1.82, 2.24) is 10.2 Å². The first-order chi connectivity index (χ1) is 28.0. The van der Waals surface area contributed by atoms with Crippen LogP contribution in [0.15, 0.2) is 85.2 Å². The summed E-state index contributed by atoms with van der Waals surface area (Å²) < 4.78 is 55.0. The number of nitrogens with one attached hydrogen (secondary N) is 1. The molecule has 8 rings (SSSR count). The normalized spacial score (nSPS) is 19.5. The van der Waals surface area contributed by atoms with Crippen LogP contribution in [0.2, 0.25) is 10.0 Å². The molecule has 4 fully saturated rings. The third kappa shape index (κ3) is 10.7. The first-order valence-electron chi connectivity index (χ1n) is 19.0. The maximum atomic E-state index is 13.8. The smallest absolute Gasteiger partial charge is 0.408 e. The summed E-state index contributed by atoms with van der Waals surface area (Å²) in [5, 5.41) is 14.7. The molecule has 1 amide bonds. The summed E-state index contributed by atoms with van der Waals surface area (Å²) in [7, 11) is 0. The van der Waals surface area contributed by atoms with Crippen molar-refractivity contribution < 1.29 is 51.6 Å². The van der Waals surface area contributed by atoms with Gasteiger partial charge in [0.25, 0.3) is 0 Å². The van der Waals surface area contributed by atoms with E-state index in [1.807, 2.05) is 0 Å². The van der Waals surface area contributed by atoms with Crippen LogP contribution in [0, 0.1) is 17.0 Å². The highest BCUT2D eigenvalue weighted by Gasteiger charge is 2.38. The van der Waals surface area contributed by atoms with Gasteiger partial charge in [-0.1, -0.05) is 71.7 Å². The van der Waals surface area contributed by atoms with Crippen molar-refractivity contribution >= 4 is 41.2 Å². The van der Waals surface area contributed by atoms with E-state index in [4.69, 9.17) is 46.9 Å². The van der Waals surface area contributed by atoms with Gasteiger partial charge < -0.3 is 34.2 Å². The lowest BCUT2D eigenvalue weighted by molar-refractivity contribution is -0.605. The zero-order chi connectivity index (χ0) is 40.8. The van der Waals surface area contributed by atoms with Crippen LogP contribution in [0.25, 0.3) is 0 Å². The number of carbonyl (C=O) groups excluding carboxylic acids is 3. The van der Waals surface area contributed by atoms with Crippen LogP contribution in [0.4, 0.5) is 13.6 Å². The van der Waals surface area contributed by atoms with Gasteiger partial charge in [-0.05, 0) is 91.6 Å². The number of benzene rings is 3. The molecule has 2 bridgehead atoms. The standard InChI is InChI=1S/C42H41Cl2F2N3O9/c43-32-20-49(53)21-33(44)31(32)19-35(29-11-12-34(58-41(45)46)36(18-29)54-23-25-9-10-25)56-39(50)30-8-4-5-26(17-30)24-55-42(52)47-38(28-6-2-1-3-7-28)40(51)57-37-22-48-15-13-27(37)14-16-48/h1-8,11-12,17-18,20-21,25,27,35,37-38,41H,9-10,13-16,19,22-24H2,(H,47,52)/t35-,37-,38?/m0/s1. The summed E-state index contributed by atoms with van der Waals surface area (Å²) in [6, 6.07) is 18.1. The molecule has 0 spiro atoms. The van der Waals surface area contributed by atoms with E-state index < -0.39 is 36.8 Å². The minimum Gasteiger partial charge on any atom is -0.619 e. The van der Waals surface area contributed by atoms with Gasteiger partial charge in [0.15, 0.2) is 29.9 Å². The zero-order valence-corrected chi connectivity index (χ0v) is 32.7. The van der Waals surface area contributed by atoms with Gasteiger partial charge in [-0.25, -0.2) is 14.4 Å². The minimum atomic E-state index is -3.10. The average Bonchev–Trinajstić information content (AvgIpc) is 4.05. The van der Waals surface area contributed by atoms with E-state index in [0.29, 0.717) is 39.4 Å². The van der Waals surface area contributed by atoms with Crippen LogP contribution in [0.5, 0.6) is 11.5 Å². The lowest BCUT2D eigenvalue weighted by Crippen LogP contribution is -2.52. The number of esters is 2. The molecule has 16 heteroatoms. The first-order valence-corrected chi connectivity index (χ1v) is 19.7. The number of fused-ring (bicyclic) bond motifs is 3. The molecule has 3 saturated heterocycles. The number of aromatic nitrogens is 1. The highest BCUT2D eigenvalue weighted by molar-refractivity contribution is 6.35. The van der Waals surface area contributed by atoms with Crippen LogP contribution >= 0.6 is 23.2 Å². The van der Waals surface area contributed by atoms with Crippen molar-refractivity contribution in [3.05, 3.63) is 128 Å². The van der Waals surface area contributed by atoms with Gasteiger partial charge in [0, 0.05) is 18.5 Å². The van der Waals surface area contributed by atoms with E-state index in [2.05, 4.69) is 10.2 Å². The van der Waals surface area contributed by atoms with Crippen LogP contribution in [0.3, 0.4) is 0 Å². The highest BCUT2D eigenvalue weighted by Crippen LogP contribution is 2.38. The molecule has 3 atom stereocenters. The Bertz CT molecular complexity index is 2080. The van der Waals surface area contributed by atoms with Crippen molar-refractivity contribution in [2.24, 2.45) is 11.8 Å². The molecule has 12 nitrogen and oxygen atoms in total. The molecule has 1 aliphatic carbocycles. The van der Waals surface area contributed by atoms with Crippen molar-refractivity contribution in [3.8, 4) is 11.5 Å². The SMILES string of the molecule is O=C(NC(C(=O)O[C@H]1CN2CCC1CC2)c1ccccc1)OCc1cccc(C(=O)O[C@@H](Cc2c(Cl)c[n+]([O-])cc2Cl)c2ccc(OC(F)F)c(OCC3CC3)c2)c1. The number of rotatable bonds is 16. The second-order valence-electron chi connectivity index (χ2n) is 14.6. The number of amides is 1. The number of halogens is 4. The van der Waals surface area contributed by atoms with Gasteiger partial charge in [0.1, 0.15) is 28.9 Å². The van der Waals surface area contributed by atoms with E-state index >= 15 is 0 Å². The Labute approximate surface area is 343 Å². The second-order valence-corrected chi connectivity index (χ2v) is 15.4. The molecule has 1 aromatic heterocycles. The third-order valence-electron chi connectivity index (χ3n) is 10.5. The van der Waals surface area contributed by atoms with Crippen molar-refractivity contribution in [2.75, 3.05) is 26.2 Å². The Hall–Kier alpha value is -5.18. The van der Waals surface area contributed by atoms with Gasteiger partial charge in [-0.3, -0.25) is 4.90 Å². The molecule has 4 aliphatic rings. The Morgan fingerprint density at radius 1 is 0.897 bits per heavy atom. The molecule has 3 aromatic carbocycles. The predicted octanol–water partition coefficient (Wildman–Crippen LogP) is 7.76. The molecule has 4 aromatic rings. The van der Waals surface area contributed by atoms with E-state index in [1.165, 1.54) is 30.3 Å². The fourth-order valence-electron chi connectivity index (χ4n) is 7.14. The van der Waals surface area contributed by atoms with Crippen LogP contribution < -0.4 is 19.5 Å². The molecule has 4 heterocycles. The molecule has 3 aliphatic heterocycles. The van der Waals surface area contributed by atoms with Crippen LogP contribution in [-0.2, 0) is 32.0 Å². The second kappa shape index (κ2) is 18.6. The predicted molar refractivity (Wildman–Crippen MR) is 207 cm³/mol. The minimum absolute atomic E-state index is 0.0191. The Morgan fingerprint density at radius 3 is 2.31 bits per heavy atom. The zero-order valence-electron chi connectivity index (χ0n) is 31.2. The van der Waals surface area contributed by atoms with Gasteiger partial charge in [-0.2, -0.15) is 13.5 Å². The third-order valence-corrected chi connectivity index (χ3v) is 11.1. The highest BCUT2D eigenvalue weighted by atomic mass is 35.5. The van der Waals surface area contributed by atoms with Gasteiger partial charge in [0.2, 0.25) is 0 Å². The Kier molecular flexibility index (Phi) is 13.1. The first kappa shape index (κ1) is 41.0. The maximum Gasteiger partial charge on any atom is 0.408 e. The molecule has 58 heavy (non-hydrogen) atoms. The Morgan fingerprint density at radius 2 is 1.64 bits per heavy atom. The van der Waals surface area contributed by atoms with Crippen molar-refractivity contribution in [3.63, 3.8) is 0 Å². The maximum absolute atomic E-state index is 13.8. The monoisotopic (exact) mass is 839 g/mol. The lowest BCUT2D eigenvalue weighted by atomic mass is 9.86. The number of hydrogen-bond donors (Lipinski definition) is 1. The molecule has 1 saturated carbocycles. The summed E-state index contributed by atoms with van der Waals surface area (Å²) in [5.41, 5.74) is 1.72. The lowest BCUT2D eigenvalue weighted by Gasteiger charge is -2.44. The number of pyridine rings is 1. The summed E-state index contributed by atoms with van der Waals surface area (Å²) in [4.78, 5) is 42.7. The number of carbonyl (C=O) groups is 3. The molecule has 1 unspecified atom stereocenters. The molecule has 306 valence electrons. The van der Waals surface area contributed by atoms with Crippen molar-refractivity contribution in [2.45, 2.75) is 63.6 Å². The van der Waals surface area contributed by atoms with Gasteiger partial charge in [0.05, 0.1) is 12.2 Å².